The molecule has 0 radical (unpaired) electrons. The van der Waals surface area contributed by atoms with Gasteiger partial charge in [0.1, 0.15) is 0 Å². The summed E-state index contributed by atoms with van der Waals surface area (Å²) in [5.41, 5.74) is 5.34. The van der Waals surface area contributed by atoms with E-state index < -0.39 is 0 Å². The zero-order valence-corrected chi connectivity index (χ0v) is 13.5. The largest absolute Gasteiger partial charge is 0.382 e. The molecule has 0 saturated carbocycles. The molecular formula is C19H21N3O2. The highest BCUT2D eigenvalue weighted by atomic mass is 16.5. The summed E-state index contributed by atoms with van der Waals surface area (Å²) in [7, 11) is 0. The molecule has 124 valence electrons. The van der Waals surface area contributed by atoms with Gasteiger partial charge in [-0.15, -0.1) is 0 Å². The third-order valence-electron chi connectivity index (χ3n) is 4.53. The van der Waals surface area contributed by atoms with Crippen LogP contribution in [0, 0.1) is 0 Å². The van der Waals surface area contributed by atoms with Gasteiger partial charge in [0.2, 0.25) is 5.91 Å². The van der Waals surface area contributed by atoms with E-state index in [9.17, 15) is 4.79 Å². The number of carbonyl (C=O) groups excluding carboxylic acids is 1. The summed E-state index contributed by atoms with van der Waals surface area (Å²) < 4.78 is 5.44. The third-order valence-corrected chi connectivity index (χ3v) is 4.53. The number of hydrogen-bond donors (Lipinski definition) is 2. The van der Waals surface area contributed by atoms with Crippen molar-refractivity contribution in [3.8, 4) is 11.1 Å². The minimum Gasteiger partial charge on any atom is -0.382 e. The third kappa shape index (κ3) is 2.95. The van der Waals surface area contributed by atoms with Crippen LogP contribution in [0.3, 0.4) is 0 Å². The van der Waals surface area contributed by atoms with Crippen molar-refractivity contribution >= 4 is 23.0 Å². The number of nitrogens with one attached hydrogen (secondary N) is 2. The first-order valence-corrected chi connectivity index (χ1v) is 8.41. The van der Waals surface area contributed by atoms with Crippen molar-refractivity contribution in [3.05, 3.63) is 42.5 Å². The summed E-state index contributed by atoms with van der Waals surface area (Å²) in [5, 5.41) is 6.39. The number of benzene rings is 2. The molecule has 2 N–H and O–H groups in total. The van der Waals surface area contributed by atoms with Crippen molar-refractivity contribution in [2.45, 2.75) is 6.42 Å². The fraction of sp³-hybridized carbons (Fsp3) is 0.316. The zero-order valence-electron chi connectivity index (χ0n) is 13.5. The lowest BCUT2D eigenvalue weighted by molar-refractivity contribution is -0.115. The van der Waals surface area contributed by atoms with Crippen molar-refractivity contribution in [1.82, 2.24) is 0 Å². The number of ether oxygens (including phenoxy) is 1. The Morgan fingerprint density at radius 1 is 1.04 bits per heavy atom. The van der Waals surface area contributed by atoms with Gasteiger partial charge in [-0.05, 0) is 23.8 Å². The second-order valence-electron chi connectivity index (χ2n) is 6.10. The van der Waals surface area contributed by atoms with Gasteiger partial charge in [0, 0.05) is 37.3 Å². The number of para-hydroxylation sites is 1. The average Bonchev–Trinajstić information content (AvgIpc) is 2.83. The van der Waals surface area contributed by atoms with E-state index in [0.717, 1.165) is 48.8 Å². The molecule has 5 heteroatoms. The van der Waals surface area contributed by atoms with Crippen molar-refractivity contribution in [2.75, 3.05) is 48.4 Å². The Bertz CT molecular complexity index is 754. The highest BCUT2D eigenvalue weighted by Crippen LogP contribution is 2.36. The predicted molar refractivity (Wildman–Crippen MR) is 96.6 cm³/mol. The van der Waals surface area contributed by atoms with Crippen molar-refractivity contribution in [2.24, 2.45) is 0 Å². The maximum Gasteiger partial charge on any atom is 0.226 e. The Balaban J connectivity index is 1.71. The Kier molecular flexibility index (Phi) is 4.09. The minimum absolute atomic E-state index is 0.0560. The molecule has 0 unspecified atom stereocenters. The average molecular weight is 323 g/mol. The number of anilines is 3. The first-order chi connectivity index (χ1) is 11.8. The molecule has 1 fully saturated rings. The van der Waals surface area contributed by atoms with E-state index >= 15 is 0 Å². The number of hydrogen-bond acceptors (Lipinski definition) is 4. The SMILES string of the molecule is O=C1CCNc2c(cccc2-c2cccc(N3CCOCC3)c2)N1. The summed E-state index contributed by atoms with van der Waals surface area (Å²) in [6, 6.07) is 14.6. The maximum absolute atomic E-state index is 11.8. The molecule has 2 aliphatic rings. The molecule has 2 aromatic carbocycles. The molecule has 24 heavy (non-hydrogen) atoms. The van der Waals surface area contributed by atoms with Crippen LogP contribution in [0.5, 0.6) is 0 Å². The molecule has 2 aromatic rings. The van der Waals surface area contributed by atoms with E-state index in [-0.39, 0.29) is 5.91 Å². The summed E-state index contributed by atoms with van der Waals surface area (Å²) in [6.07, 6.45) is 0.488. The quantitative estimate of drug-likeness (QED) is 0.892. The van der Waals surface area contributed by atoms with E-state index in [2.05, 4.69) is 45.9 Å². The molecule has 0 spiro atoms. The van der Waals surface area contributed by atoms with E-state index in [4.69, 9.17) is 4.74 Å². The van der Waals surface area contributed by atoms with Crippen LogP contribution < -0.4 is 15.5 Å². The molecule has 1 amide bonds. The molecule has 4 rings (SSSR count). The van der Waals surface area contributed by atoms with Gasteiger partial charge in [-0.3, -0.25) is 4.79 Å². The van der Waals surface area contributed by atoms with E-state index in [1.165, 1.54) is 5.69 Å². The molecule has 1 saturated heterocycles. The molecular weight excluding hydrogens is 302 g/mol. The van der Waals surface area contributed by atoms with E-state index in [1.807, 2.05) is 12.1 Å². The monoisotopic (exact) mass is 323 g/mol. The van der Waals surface area contributed by atoms with Gasteiger partial charge in [-0.1, -0.05) is 24.3 Å². The van der Waals surface area contributed by atoms with Crippen LogP contribution in [0.25, 0.3) is 11.1 Å². The normalized spacial score (nSPS) is 17.5. The van der Waals surface area contributed by atoms with Crippen LogP contribution in [-0.4, -0.2) is 38.8 Å². The van der Waals surface area contributed by atoms with Gasteiger partial charge < -0.3 is 20.3 Å². The Morgan fingerprint density at radius 3 is 2.75 bits per heavy atom. The van der Waals surface area contributed by atoms with Crippen molar-refractivity contribution in [3.63, 3.8) is 0 Å². The Hall–Kier alpha value is -2.53. The van der Waals surface area contributed by atoms with Crippen LogP contribution in [0.1, 0.15) is 6.42 Å². The number of rotatable bonds is 2. The summed E-state index contributed by atoms with van der Waals surface area (Å²) in [5.74, 6) is 0.0560. The van der Waals surface area contributed by atoms with Crippen LogP contribution in [-0.2, 0) is 9.53 Å². The topological polar surface area (TPSA) is 53.6 Å². The van der Waals surface area contributed by atoms with E-state index in [1.54, 1.807) is 0 Å². The lowest BCUT2D eigenvalue weighted by atomic mass is 10.0. The van der Waals surface area contributed by atoms with Gasteiger partial charge in [-0.25, -0.2) is 0 Å². The second-order valence-corrected chi connectivity index (χ2v) is 6.10. The fourth-order valence-corrected chi connectivity index (χ4v) is 3.29. The first kappa shape index (κ1) is 15.0. The highest BCUT2D eigenvalue weighted by molar-refractivity contribution is 6.00. The summed E-state index contributed by atoms with van der Waals surface area (Å²) in [6.45, 7) is 4.05. The number of morpholine rings is 1. The maximum atomic E-state index is 11.8. The summed E-state index contributed by atoms with van der Waals surface area (Å²) >= 11 is 0. The van der Waals surface area contributed by atoms with Crippen LogP contribution in [0.4, 0.5) is 17.1 Å². The molecule has 2 heterocycles. The van der Waals surface area contributed by atoms with Gasteiger partial charge in [-0.2, -0.15) is 0 Å². The number of amides is 1. The van der Waals surface area contributed by atoms with Gasteiger partial charge in [0.25, 0.3) is 0 Å². The molecule has 0 aromatic heterocycles. The Morgan fingerprint density at radius 2 is 1.88 bits per heavy atom. The lowest BCUT2D eigenvalue weighted by Crippen LogP contribution is -2.36. The summed E-state index contributed by atoms with van der Waals surface area (Å²) in [4.78, 5) is 14.1. The number of nitrogens with zero attached hydrogens (tertiary/aromatic N) is 1. The molecule has 2 aliphatic heterocycles. The number of fused-ring (bicyclic) bond motifs is 1. The van der Waals surface area contributed by atoms with E-state index in [0.29, 0.717) is 13.0 Å². The van der Waals surface area contributed by atoms with Gasteiger partial charge in [0.15, 0.2) is 0 Å². The zero-order chi connectivity index (χ0) is 16.4. The van der Waals surface area contributed by atoms with Crippen LogP contribution >= 0.6 is 0 Å². The predicted octanol–water partition coefficient (Wildman–Crippen LogP) is 2.94. The molecule has 0 atom stereocenters. The minimum atomic E-state index is 0.0560. The van der Waals surface area contributed by atoms with Crippen molar-refractivity contribution < 1.29 is 9.53 Å². The lowest BCUT2D eigenvalue weighted by Gasteiger charge is -2.29. The van der Waals surface area contributed by atoms with Crippen LogP contribution in [0.15, 0.2) is 42.5 Å². The van der Waals surface area contributed by atoms with Gasteiger partial charge in [0.05, 0.1) is 24.6 Å². The molecule has 0 bridgehead atoms. The fourth-order valence-electron chi connectivity index (χ4n) is 3.29. The van der Waals surface area contributed by atoms with Crippen LogP contribution in [0.2, 0.25) is 0 Å². The number of carbonyl (C=O) groups is 1. The van der Waals surface area contributed by atoms with Crippen molar-refractivity contribution in [1.29, 1.82) is 0 Å². The molecule has 5 nitrogen and oxygen atoms in total. The Labute approximate surface area is 141 Å². The molecule has 0 aliphatic carbocycles. The smallest absolute Gasteiger partial charge is 0.226 e. The van der Waals surface area contributed by atoms with Gasteiger partial charge >= 0.3 is 0 Å². The first-order valence-electron chi connectivity index (χ1n) is 8.41. The standard InChI is InChI=1S/C19H21N3O2/c23-18-7-8-20-19-16(5-2-6-17(19)21-18)14-3-1-4-15(13-14)22-9-11-24-12-10-22/h1-6,13,20H,7-12H2,(H,21,23). The highest BCUT2D eigenvalue weighted by Gasteiger charge is 2.17. The second kappa shape index (κ2) is 6.53.